The number of piperidine rings is 1. The number of unbranched alkanes of at least 4 members (excludes halogenated alkanes) is 1. The second-order valence-corrected chi connectivity index (χ2v) is 9.08. The van der Waals surface area contributed by atoms with Gasteiger partial charge in [-0.25, -0.2) is 4.98 Å². The first-order chi connectivity index (χ1) is 13.2. The number of thioether (sulfide) groups is 1. The molecule has 5 nitrogen and oxygen atoms in total. The van der Waals surface area contributed by atoms with Gasteiger partial charge in [0.15, 0.2) is 5.96 Å². The van der Waals surface area contributed by atoms with Crippen molar-refractivity contribution in [3.63, 3.8) is 0 Å². The predicted octanol–water partition coefficient (Wildman–Crippen LogP) is 4.23. The Kier molecular flexibility index (Phi) is 14.6. The average molecular weight is 540 g/mol. The number of halogens is 1. The fourth-order valence-corrected chi connectivity index (χ4v) is 4.51. The molecule has 28 heavy (non-hydrogen) atoms. The Labute approximate surface area is 197 Å². The van der Waals surface area contributed by atoms with Crippen LogP contribution in [0.1, 0.15) is 50.2 Å². The summed E-state index contributed by atoms with van der Waals surface area (Å²) in [5, 5.41) is 10.3. The number of likely N-dealkylation sites (tertiary alicyclic amines) is 1. The third kappa shape index (κ3) is 10.1. The van der Waals surface area contributed by atoms with Crippen molar-refractivity contribution >= 4 is 53.0 Å². The Bertz CT molecular complexity index is 544. The number of hydrogen-bond acceptors (Lipinski definition) is 5. The van der Waals surface area contributed by atoms with Crippen LogP contribution in [0.15, 0.2) is 10.4 Å². The van der Waals surface area contributed by atoms with E-state index in [0.717, 1.165) is 51.6 Å². The average Bonchev–Trinajstić information content (AvgIpc) is 3.14. The van der Waals surface area contributed by atoms with Gasteiger partial charge in [-0.3, -0.25) is 9.89 Å². The number of nitrogens with zero attached hydrogens (tertiary/aromatic N) is 3. The Morgan fingerprint density at radius 1 is 1.29 bits per heavy atom. The van der Waals surface area contributed by atoms with Gasteiger partial charge in [-0.2, -0.15) is 11.8 Å². The lowest BCUT2D eigenvalue weighted by molar-refractivity contribution is 0.179. The topological polar surface area (TPSA) is 52.6 Å². The number of aromatic nitrogens is 1. The number of nitrogens with one attached hydrogen (secondary N) is 2. The molecule has 1 aromatic heterocycles. The molecule has 1 saturated heterocycles. The van der Waals surface area contributed by atoms with Gasteiger partial charge in [-0.15, -0.1) is 35.3 Å². The molecule has 1 aliphatic heterocycles. The normalized spacial score (nSPS) is 16.0. The van der Waals surface area contributed by atoms with E-state index in [1.54, 1.807) is 11.3 Å². The second kappa shape index (κ2) is 15.7. The standard InChI is InChI=1S/C20H37N5S2.HI/c1-4-19-24-18(16-27-19)15-25-11-8-17(9-12-25)14-23-20(21-5-2)22-10-6-7-13-26-3;/h16-17H,4-15H2,1-3H3,(H2,21,22,23);1H. The van der Waals surface area contributed by atoms with Crippen molar-refractivity contribution in [2.24, 2.45) is 10.9 Å². The molecule has 0 saturated carbocycles. The van der Waals surface area contributed by atoms with Gasteiger partial charge in [0.2, 0.25) is 0 Å². The zero-order valence-electron chi connectivity index (χ0n) is 17.7. The molecule has 1 aromatic rings. The molecule has 0 amide bonds. The molecular weight excluding hydrogens is 501 g/mol. The maximum atomic E-state index is 4.84. The van der Waals surface area contributed by atoms with Crippen LogP contribution in [0, 0.1) is 5.92 Å². The molecule has 1 fully saturated rings. The summed E-state index contributed by atoms with van der Waals surface area (Å²) in [6, 6.07) is 0. The molecule has 0 spiro atoms. The minimum absolute atomic E-state index is 0. The Morgan fingerprint density at radius 2 is 2.07 bits per heavy atom. The van der Waals surface area contributed by atoms with E-state index >= 15 is 0 Å². The van der Waals surface area contributed by atoms with Crippen LogP contribution in [0.3, 0.4) is 0 Å². The summed E-state index contributed by atoms with van der Waals surface area (Å²) in [6.07, 6.45) is 8.17. The van der Waals surface area contributed by atoms with E-state index in [4.69, 9.17) is 9.98 Å². The lowest BCUT2D eigenvalue weighted by atomic mass is 9.97. The first-order valence-electron chi connectivity index (χ1n) is 10.4. The van der Waals surface area contributed by atoms with Crippen LogP contribution in [0.25, 0.3) is 0 Å². The Morgan fingerprint density at radius 3 is 2.71 bits per heavy atom. The highest BCUT2D eigenvalue weighted by molar-refractivity contribution is 14.0. The highest BCUT2D eigenvalue weighted by Gasteiger charge is 2.19. The number of rotatable bonds is 11. The number of guanidine groups is 1. The van der Waals surface area contributed by atoms with E-state index in [0.29, 0.717) is 5.92 Å². The van der Waals surface area contributed by atoms with Gasteiger partial charge in [0.05, 0.1) is 10.7 Å². The van der Waals surface area contributed by atoms with Gasteiger partial charge in [0.25, 0.3) is 0 Å². The van der Waals surface area contributed by atoms with Crippen molar-refractivity contribution in [2.45, 2.75) is 52.5 Å². The fourth-order valence-electron chi connectivity index (χ4n) is 3.28. The summed E-state index contributed by atoms with van der Waals surface area (Å²) in [5.74, 6) is 2.93. The van der Waals surface area contributed by atoms with E-state index in [1.165, 1.54) is 42.1 Å². The molecule has 0 unspecified atom stereocenters. The van der Waals surface area contributed by atoms with Gasteiger partial charge in [-0.1, -0.05) is 6.92 Å². The maximum Gasteiger partial charge on any atom is 0.191 e. The van der Waals surface area contributed by atoms with Crippen molar-refractivity contribution < 1.29 is 0 Å². The summed E-state index contributed by atoms with van der Waals surface area (Å²) < 4.78 is 0. The zero-order valence-corrected chi connectivity index (χ0v) is 21.7. The second-order valence-electron chi connectivity index (χ2n) is 7.15. The van der Waals surface area contributed by atoms with E-state index in [1.807, 2.05) is 11.8 Å². The molecule has 2 N–H and O–H groups in total. The van der Waals surface area contributed by atoms with Crippen LogP contribution in [0.4, 0.5) is 0 Å². The van der Waals surface area contributed by atoms with E-state index < -0.39 is 0 Å². The molecule has 2 rings (SSSR count). The van der Waals surface area contributed by atoms with Gasteiger partial charge < -0.3 is 10.6 Å². The molecule has 0 atom stereocenters. The van der Waals surface area contributed by atoms with E-state index in [2.05, 4.69) is 41.0 Å². The smallest absolute Gasteiger partial charge is 0.191 e. The lowest BCUT2D eigenvalue weighted by Crippen LogP contribution is -2.39. The van der Waals surface area contributed by atoms with Crippen LogP contribution in [0.2, 0.25) is 0 Å². The molecule has 0 bridgehead atoms. The van der Waals surface area contributed by atoms with Crippen LogP contribution >= 0.6 is 47.1 Å². The fraction of sp³-hybridized carbons (Fsp3) is 0.800. The minimum Gasteiger partial charge on any atom is -0.357 e. The summed E-state index contributed by atoms with van der Waals surface area (Å²) in [7, 11) is 0. The number of thiazole rings is 1. The zero-order chi connectivity index (χ0) is 19.3. The first-order valence-corrected chi connectivity index (χ1v) is 12.7. The summed E-state index contributed by atoms with van der Waals surface area (Å²) in [6.45, 7) is 10.5. The van der Waals surface area contributed by atoms with Crippen molar-refractivity contribution in [1.82, 2.24) is 20.5 Å². The number of aliphatic imine (C=N–C) groups is 1. The van der Waals surface area contributed by atoms with E-state index in [-0.39, 0.29) is 24.0 Å². The lowest BCUT2D eigenvalue weighted by Gasteiger charge is -2.30. The highest BCUT2D eigenvalue weighted by atomic mass is 127. The largest absolute Gasteiger partial charge is 0.357 e. The van der Waals surface area contributed by atoms with Gasteiger partial charge in [-0.05, 0) is 70.0 Å². The summed E-state index contributed by atoms with van der Waals surface area (Å²) >= 11 is 3.72. The van der Waals surface area contributed by atoms with E-state index in [9.17, 15) is 0 Å². The number of hydrogen-bond donors (Lipinski definition) is 2. The third-order valence-electron chi connectivity index (χ3n) is 4.91. The van der Waals surface area contributed by atoms with Crippen LogP contribution < -0.4 is 10.6 Å². The van der Waals surface area contributed by atoms with Gasteiger partial charge >= 0.3 is 0 Å². The molecule has 2 heterocycles. The third-order valence-corrected chi connectivity index (χ3v) is 6.65. The van der Waals surface area contributed by atoms with Crippen LogP contribution in [-0.4, -0.2) is 60.6 Å². The quantitative estimate of drug-likeness (QED) is 0.191. The molecular formula is C20H38IN5S2. The van der Waals surface area contributed by atoms with Gasteiger partial charge in [0.1, 0.15) is 0 Å². The molecule has 0 radical (unpaired) electrons. The molecule has 0 aliphatic carbocycles. The molecule has 8 heteroatoms. The van der Waals surface area contributed by atoms with Crippen LogP contribution in [-0.2, 0) is 13.0 Å². The predicted molar refractivity (Wildman–Crippen MR) is 137 cm³/mol. The molecule has 162 valence electrons. The summed E-state index contributed by atoms with van der Waals surface area (Å²) in [4.78, 5) is 12.1. The first kappa shape index (κ1) is 26.0. The minimum atomic E-state index is 0. The monoisotopic (exact) mass is 539 g/mol. The van der Waals surface area contributed by atoms with Crippen molar-refractivity contribution in [2.75, 3.05) is 44.7 Å². The van der Waals surface area contributed by atoms with Crippen molar-refractivity contribution in [3.8, 4) is 0 Å². The van der Waals surface area contributed by atoms with Crippen LogP contribution in [0.5, 0.6) is 0 Å². The van der Waals surface area contributed by atoms with Crippen molar-refractivity contribution in [3.05, 3.63) is 16.1 Å². The number of aryl methyl sites for hydroxylation is 1. The van der Waals surface area contributed by atoms with Crippen molar-refractivity contribution in [1.29, 1.82) is 0 Å². The SMILES string of the molecule is CCNC(=NCC1CCN(Cc2csc(CC)n2)CC1)NCCCCSC.I. The Hall–Kier alpha value is -0.0600. The summed E-state index contributed by atoms with van der Waals surface area (Å²) in [5.41, 5.74) is 1.24. The molecule has 1 aliphatic rings. The Balaban J connectivity index is 0.00000392. The maximum absolute atomic E-state index is 4.84. The molecule has 0 aromatic carbocycles. The highest BCUT2D eigenvalue weighted by Crippen LogP contribution is 2.20. The van der Waals surface area contributed by atoms with Gasteiger partial charge in [0, 0.05) is 31.6 Å².